The molecule has 1 aliphatic rings. The third-order valence-corrected chi connectivity index (χ3v) is 5.82. The Balaban J connectivity index is 1.59. The first kappa shape index (κ1) is 23.6. The van der Waals surface area contributed by atoms with Gasteiger partial charge in [0.1, 0.15) is 5.82 Å². The van der Waals surface area contributed by atoms with E-state index >= 15 is 0 Å². The number of hydrogen-bond acceptors (Lipinski definition) is 4. The molecule has 0 spiro atoms. The predicted octanol–water partition coefficient (Wildman–Crippen LogP) is 4.13. The van der Waals surface area contributed by atoms with Crippen LogP contribution >= 0.6 is 0 Å². The number of rotatable bonds is 8. The van der Waals surface area contributed by atoms with Gasteiger partial charge in [0.05, 0.1) is 13.7 Å². The van der Waals surface area contributed by atoms with E-state index in [-0.39, 0.29) is 23.5 Å². The van der Waals surface area contributed by atoms with Gasteiger partial charge in [-0.25, -0.2) is 4.39 Å². The van der Waals surface area contributed by atoms with Crippen LogP contribution in [0.3, 0.4) is 0 Å². The quantitative estimate of drug-likeness (QED) is 0.617. The van der Waals surface area contributed by atoms with Gasteiger partial charge in [-0.05, 0) is 68.7 Å². The first-order valence-electron chi connectivity index (χ1n) is 11.1. The Hall–Kier alpha value is -3.09. The molecule has 1 saturated heterocycles. The van der Waals surface area contributed by atoms with Gasteiger partial charge >= 0.3 is 0 Å². The van der Waals surface area contributed by atoms with Crippen molar-refractivity contribution in [3.63, 3.8) is 0 Å². The predicted molar refractivity (Wildman–Crippen MR) is 120 cm³/mol. The number of methoxy groups -OCH3 is 1. The van der Waals surface area contributed by atoms with Gasteiger partial charge in [-0.1, -0.05) is 6.07 Å². The lowest BCUT2D eigenvalue weighted by molar-refractivity contribution is -0.137. The molecule has 6 nitrogen and oxygen atoms in total. The first-order chi connectivity index (χ1) is 15.5. The molecule has 32 heavy (non-hydrogen) atoms. The fourth-order valence-corrected chi connectivity index (χ4v) is 4.01. The number of nitrogens with zero attached hydrogens (tertiary/aromatic N) is 2. The minimum absolute atomic E-state index is 0.106. The standard InChI is InChI=1S/C25H31FN2O4/c1-4-27(17-18-6-11-22(32-5-2)23(16-18)31-3)24(29)20-12-14-28(15-13-20)25(30)19-7-9-21(26)10-8-19/h6-11,16,20H,4-5,12-15,17H2,1-3H3. The molecule has 1 fully saturated rings. The Bertz CT molecular complexity index is 924. The lowest BCUT2D eigenvalue weighted by Crippen LogP contribution is -2.44. The maximum absolute atomic E-state index is 13.2. The first-order valence-corrected chi connectivity index (χ1v) is 11.1. The van der Waals surface area contributed by atoms with Crippen molar-refractivity contribution in [1.82, 2.24) is 9.80 Å². The summed E-state index contributed by atoms with van der Waals surface area (Å²) >= 11 is 0. The van der Waals surface area contributed by atoms with E-state index in [4.69, 9.17) is 9.47 Å². The van der Waals surface area contributed by atoms with Crippen molar-refractivity contribution in [3.05, 3.63) is 59.4 Å². The van der Waals surface area contributed by atoms with E-state index in [0.717, 1.165) is 5.56 Å². The van der Waals surface area contributed by atoms with E-state index in [0.29, 0.717) is 62.7 Å². The van der Waals surface area contributed by atoms with Crippen LogP contribution in [0, 0.1) is 11.7 Å². The van der Waals surface area contributed by atoms with Crippen molar-refractivity contribution < 1.29 is 23.5 Å². The van der Waals surface area contributed by atoms with E-state index in [1.165, 1.54) is 24.3 Å². The smallest absolute Gasteiger partial charge is 0.253 e. The molecule has 3 rings (SSSR count). The van der Waals surface area contributed by atoms with Crippen molar-refractivity contribution in [2.75, 3.05) is 33.4 Å². The van der Waals surface area contributed by atoms with Gasteiger partial charge in [-0.2, -0.15) is 0 Å². The van der Waals surface area contributed by atoms with Crippen molar-refractivity contribution in [1.29, 1.82) is 0 Å². The molecule has 0 radical (unpaired) electrons. The molecule has 0 saturated carbocycles. The minimum atomic E-state index is -0.365. The van der Waals surface area contributed by atoms with Crippen LogP contribution in [-0.2, 0) is 11.3 Å². The molecule has 0 N–H and O–H groups in total. The summed E-state index contributed by atoms with van der Waals surface area (Å²) in [7, 11) is 1.60. The second kappa shape index (κ2) is 11.0. The van der Waals surface area contributed by atoms with E-state index in [1.807, 2.05) is 36.9 Å². The second-order valence-electron chi connectivity index (χ2n) is 7.84. The van der Waals surface area contributed by atoms with Crippen LogP contribution < -0.4 is 9.47 Å². The van der Waals surface area contributed by atoms with Gasteiger partial charge in [0, 0.05) is 37.7 Å². The zero-order valence-electron chi connectivity index (χ0n) is 19.0. The molecule has 0 unspecified atom stereocenters. The second-order valence-corrected chi connectivity index (χ2v) is 7.84. The Morgan fingerprint density at radius 3 is 2.34 bits per heavy atom. The van der Waals surface area contributed by atoms with Crippen LogP contribution in [0.25, 0.3) is 0 Å². The number of halogens is 1. The third-order valence-electron chi connectivity index (χ3n) is 5.82. The highest BCUT2D eigenvalue weighted by Gasteiger charge is 2.30. The summed E-state index contributed by atoms with van der Waals surface area (Å²) < 4.78 is 24.1. The Kier molecular flexibility index (Phi) is 8.09. The Morgan fingerprint density at radius 2 is 1.75 bits per heavy atom. The Labute approximate surface area is 188 Å². The van der Waals surface area contributed by atoms with Crippen LogP contribution in [-0.4, -0.2) is 55.0 Å². The van der Waals surface area contributed by atoms with Crippen LogP contribution in [0.2, 0.25) is 0 Å². The summed E-state index contributed by atoms with van der Waals surface area (Å²) in [6.45, 7) is 6.57. The van der Waals surface area contributed by atoms with Crippen LogP contribution in [0.5, 0.6) is 11.5 Å². The molecule has 0 aliphatic carbocycles. The van der Waals surface area contributed by atoms with Crippen molar-refractivity contribution >= 4 is 11.8 Å². The van der Waals surface area contributed by atoms with E-state index < -0.39 is 0 Å². The van der Waals surface area contributed by atoms with Crippen molar-refractivity contribution in [2.24, 2.45) is 5.92 Å². The number of piperidine rings is 1. The molecule has 1 heterocycles. The topological polar surface area (TPSA) is 59.1 Å². The van der Waals surface area contributed by atoms with Crippen molar-refractivity contribution in [2.45, 2.75) is 33.2 Å². The average Bonchev–Trinajstić information content (AvgIpc) is 2.83. The van der Waals surface area contributed by atoms with Gasteiger partial charge in [-0.3, -0.25) is 9.59 Å². The maximum atomic E-state index is 13.2. The van der Waals surface area contributed by atoms with Gasteiger partial charge in [0.2, 0.25) is 5.91 Å². The molecule has 1 aliphatic heterocycles. The van der Waals surface area contributed by atoms with E-state index in [1.54, 1.807) is 12.0 Å². The minimum Gasteiger partial charge on any atom is -0.493 e. The number of carbonyl (C=O) groups is 2. The van der Waals surface area contributed by atoms with Gasteiger partial charge in [0.25, 0.3) is 5.91 Å². The molecule has 0 atom stereocenters. The highest BCUT2D eigenvalue weighted by molar-refractivity contribution is 5.94. The molecular formula is C25H31FN2O4. The zero-order valence-corrected chi connectivity index (χ0v) is 19.0. The summed E-state index contributed by atoms with van der Waals surface area (Å²) in [4.78, 5) is 29.4. The van der Waals surface area contributed by atoms with Gasteiger partial charge in [0.15, 0.2) is 11.5 Å². The van der Waals surface area contributed by atoms with Gasteiger partial charge in [-0.15, -0.1) is 0 Å². The lowest BCUT2D eigenvalue weighted by atomic mass is 9.94. The summed E-state index contributed by atoms with van der Waals surface area (Å²) in [6, 6.07) is 11.3. The molecule has 0 bridgehead atoms. The fourth-order valence-electron chi connectivity index (χ4n) is 4.01. The number of ether oxygens (including phenoxy) is 2. The maximum Gasteiger partial charge on any atom is 0.253 e. The van der Waals surface area contributed by atoms with Crippen LogP contribution in [0.4, 0.5) is 4.39 Å². The summed E-state index contributed by atoms with van der Waals surface area (Å²) in [6.07, 6.45) is 1.24. The monoisotopic (exact) mass is 442 g/mol. The number of hydrogen-bond donors (Lipinski definition) is 0. The summed E-state index contributed by atoms with van der Waals surface area (Å²) in [5, 5.41) is 0. The largest absolute Gasteiger partial charge is 0.493 e. The number of benzene rings is 2. The van der Waals surface area contributed by atoms with Crippen LogP contribution in [0.1, 0.15) is 42.6 Å². The number of amides is 2. The number of carbonyl (C=O) groups excluding carboxylic acids is 2. The van der Waals surface area contributed by atoms with E-state index in [9.17, 15) is 14.0 Å². The highest BCUT2D eigenvalue weighted by Crippen LogP contribution is 2.29. The van der Waals surface area contributed by atoms with Crippen LogP contribution in [0.15, 0.2) is 42.5 Å². The SMILES string of the molecule is CCOc1ccc(CN(CC)C(=O)C2CCN(C(=O)c3ccc(F)cc3)CC2)cc1OC. The summed E-state index contributed by atoms with van der Waals surface area (Å²) in [5.74, 6) is 0.846. The molecule has 2 amide bonds. The molecule has 7 heteroatoms. The van der Waals surface area contributed by atoms with E-state index in [2.05, 4.69) is 0 Å². The van der Waals surface area contributed by atoms with Gasteiger partial charge < -0.3 is 19.3 Å². The molecular weight excluding hydrogens is 411 g/mol. The molecule has 2 aromatic rings. The fraction of sp³-hybridized carbons (Fsp3) is 0.440. The molecule has 2 aromatic carbocycles. The number of likely N-dealkylation sites (tertiary alicyclic amines) is 1. The van der Waals surface area contributed by atoms with Crippen molar-refractivity contribution in [3.8, 4) is 11.5 Å². The molecule has 0 aromatic heterocycles. The zero-order chi connectivity index (χ0) is 23.1. The Morgan fingerprint density at radius 1 is 1.06 bits per heavy atom. The highest BCUT2D eigenvalue weighted by atomic mass is 19.1. The normalized spacial score (nSPS) is 14.2. The lowest BCUT2D eigenvalue weighted by Gasteiger charge is -2.34. The average molecular weight is 443 g/mol. The molecule has 172 valence electrons. The third kappa shape index (κ3) is 5.58. The summed E-state index contributed by atoms with van der Waals surface area (Å²) in [5.41, 5.74) is 1.44.